The molecule has 0 bridgehead atoms. The Hall–Kier alpha value is -2.21. The van der Waals surface area contributed by atoms with E-state index in [1.54, 1.807) is 11.3 Å². The van der Waals surface area contributed by atoms with Gasteiger partial charge >= 0.3 is 5.97 Å². The molecule has 0 amide bonds. The summed E-state index contributed by atoms with van der Waals surface area (Å²) in [5, 5.41) is 0. The first-order valence-electron chi connectivity index (χ1n) is 5.79. The SMILES string of the molecule is CCOC(=O)c1cc(=O)nc2sc3ccccc3n12. The number of para-hydroxylation sites is 1. The molecular weight excluding hydrogens is 264 g/mol. The number of hydrogen-bond donors (Lipinski definition) is 0. The van der Waals surface area contributed by atoms with Crippen molar-refractivity contribution in [2.24, 2.45) is 0 Å². The molecule has 6 heteroatoms. The summed E-state index contributed by atoms with van der Waals surface area (Å²) in [5.74, 6) is -0.513. The number of hydrogen-bond acceptors (Lipinski definition) is 5. The van der Waals surface area contributed by atoms with Crippen LogP contribution in [0.4, 0.5) is 0 Å². The molecule has 0 atom stereocenters. The van der Waals surface area contributed by atoms with Crippen molar-refractivity contribution in [3.63, 3.8) is 0 Å². The second kappa shape index (κ2) is 4.47. The molecule has 0 saturated carbocycles. The van der Waals surface area contributed by atoms with Crippen molar-refractivity contribution in [3.05, 3.63) is 46.4 Å². The predicted molar refractivity (Wildman–Crippen MR) is 72.8 cm³/mol. The summed E-state index contributed by atoms with van der Waals surface area (Å²) < 4.78 is 7.62. The Bertz CT molecular complexity index is 835. The van der Waals surface area contributed by atoms with Gasteiger partial charge in [-0.3, -0.25) is 9.20 Å². The standard InChI is InChI=1S/C13H10N2O3S/c1-2-18-12(17)9-7-11(16)14-13-15(9)8-5-3-4-6-10(8)19-13/h3-7H,2H2,1H3. The molecule has 0 aliphatic rings. The maximum absolute atomic E-state index is 11.9. The monoisotopic (exact) mass is 274 g/mol. The molecule has 5 nitrogen and oxygen atoms in total. The fraction of sp³-hybridized carbons (Fsp3) is 0.154. The highest BCUT2D eigenvalue weighted by atomic mass is 32.1. The van der Waals surface area contributed by atoms with E-state index in [0.717, 1.165) is 10.2 Å². The van der Waals surface area contributed by atoms with Crippen LogP contribution in [0.25, 0.3) is 15.2 Å². The summed E-state index contributed by atoms with van der Waals surface area (Å²) in [7, 11) is 0. The minimum atomic E-state index is -0.513. The first-order chi connectivity index (χ1) is 9.20. The number of benzene rings is 1. The van der Waals surface area contributed by atoms with E-state index in [9.17, 15) is 9.59 Å². The van der Waals surface area contributed by atoms with Crippen LogP contribution in [0.3, 0.4) is 0 Å². The van der Waals surface area contributed by atoms with Gasteiger partial charge in [-0.25, -0.2) is 4.79 Å². The molecule has 0 radical (unpaired) electrons. The lowest BCUT2D eigenvalue weighted by atomic mass is 10.3. The summed E-state index contributed by atoms with van der Waals surface area (Å²) in [6, 6.07) is 8.80. The zero-order valence-electron chi connectivity index (χ0n) is 10.1. The average Bonchev–Trinajstić information content (AvgIpc) is 2.75. The Morgan fingerprint density at radius 1 is 1.42 bits per heavy atom. The Morgan fingerprint density at radius 2 is 2.21 bits per heavy atom. The summed E-state index contributed by atoms with van der Waals surface area (Å²) in [4.78, 5) is 27.9. The van der Waals surface area contributed by atoms with Gasteiger partial charge in [0.15, 0.2) is 4.96 Å². The zero-order chi connectivity index (χ0) is 13.4. The highest BCUT2D eigenvalue weighted by Gasteiger charge is 2.16. The highest BCUT2D eigenvalue weighted by Crippen LogP contribution is 2.25. The molecule has 2 heterocycles. The van der Waals surface area contributed by atoms with E-state index in [-0.39, 0.29) is 12.3 Å². The summed E-state index contributed by atoms with van der Waals surface area (Å²) in [5.41, 5.74) is 0.627. The van der Waals surface area contributed by atoms with E-state index in [1.165, 1.54) is 17.4 Å². The van der Waals surface area contributed by atoms with Gasteiger partial charge in [0.2, 0.25) is 0 Å². The maximum Gasteiger partial charge on any atom is 0.355 e. The number of nitrogens with zero attached hydrogens (tertiary/aromatic N) is 2. The van der Waals surface area contributed by atoms with Gasteiger partial charge < -0.3 is 4.74 Å². The quantitative estimate of drug-likeness (QED) is 0.671. The van der Waals surface area contributed by atoms with E-state index in [1.807, 2.05) is 24.3 Å². The van der Waals surface area contributed by atoms with Crippen molar-refractivity contribution < 1.29 is 9.53 Å². The average molecular weight is 274 g/mol. The van der Waals surface area contributed by atoms with Crippen molar-refractivity contribution in [1.82, 2.24) is 9.38 Å². The van der Waals surface area contributed by atoms with E-state index in [2.05, 4.69) is 4.98 Å². The lowest BCUT2D eigenvalue weighted by molar-refractivity contribution is 0.0518. The van der Waals surface area contributed by atoms with Gasteiger partial charge in [-0.05, 0) is 19.1 Å². The lowest BCUT2D eigenvalue weighted by Gasteiger charge is -2.04. The molecule has 0 spiro atoms. The molecule has 0 aliphatic heterocycles. The van der Waals surface area contributed by atoms with Gasteiger partial charge in [-0.1, -0.05) is 23.5 Å². The first-order valence-corrected chi connectivity index (χ1v) is 6.61. The molecule has 0 unspecified atom stereocenters. The van der Waals surface area contributed by atoms with Gasteiger partial charge in [0.1, 0.15) is 5.69 Å². The molecule has 3 aromatic rings. The van der Waals surface area contributed by atoms with E-state index < -0.39 is 11.5 Å². The van der Waals surface area contributed by atoms with Crippen molar-refractivity contribution >= 4 is 32.5 Å². The van der Waals surface area contributed by atoms with Crippen LogP contribution in [-0.2, 0) is 4.74 Å². The molecule has 2 aromatic heterocycles. The number of ether oxygens (including phenoxy) is 1. The highest BCUT2D eigenvalue weighted by molar-refractivity contribution is 7.23. The van der Waals surface area contributed by atoms with Crippen LogP contribution in [-0.4, -0.2) is 22.0 Å². The summed E-state index contributed by atoms with van der Waals surface area (Å²) >= 11 is 1.37. The van der Waals surface area contributed by atoms with Crippen molar-refractivity contribution in [1.29, 1.82) is 0 Å². The van der Waals surface area contributed by atoms with E-state index >= 15 is 0 Å². The lowest BCUT2D eigenvalue weighted by Crippen LogP contribution is -2.16. The molecular formula is C13H10N2O3S. The van der Waals surface area contributed by atoms with Crippen LogP contribution in [0.15, 0.2) is 35.1 Å². The Labute approximate surface area is 112 Å². The maximum atomic E-state index is 11.9. The second-order valence-electron chi connectivity index (χ2n) is 3.89. The van der Waals surface area contributed by atoms with Crippen LogP contribution < -0.4 is 5.56 Å². The van der Waals surface area contributed by atoms with Gasteiger partial charge in [0.25, 0.3) is 5.56 Å². The molecule has 1 aromatic carbocycles. The van der Waals surface area contributed by atoms with Crippen LogP contribution >= 0.6 is 11.3 Å². The third kappa shape index (κ3) is 1.90. The molecule has 3 rings (SSSR count). The van der Waals surface area contributed by atoms with Crippen LogP contribution in [0.5, 0.6) is 0 Å². The number of thiazole rings is 1. The van der Waals surface area contributed by atoms with Gasteiger partial charge in [-0.15, -0.1) is 0 Å². The normalized spacial score (nSPS) is 11.0. The number of carbonyl (C=O) groups is 1. The smallest absolute Gasteiger partial charge is 0.355 e. The minimum Gasteiger partial charge on any atom is -0.461 e. The number of esters is 1. The summed E-state index contributed by atoms with van der Waals surface area (Å²) in [6.45, 7) is 1.99. The topological polar surface area (TPSA) is 60.7 Å². The number of rotatable bonds is 2. The van der Waals surface area contributed by atoms with Crippen LogP contribution in [0.1, 0.15) is 17.4 Å². The van der Waals surface area contributed by atoms with Crippen LogP contribution in [0.2, 0.25) is 0 Å². The number of aromatic nitrogens is 2. The predicted octanol–water partition coefficient (Wildman–Crippen LogP) is 2.09. The largest absolute Gasteiger partial charge is 0.461 e. The fourth-order valence-electron chi connectivity index (χ4n) is 1.94. The second-order valence-corrected chi connectivity index (χ2v) is 4.90. The first kappa shape index (κ1) is 11.9. The fourth-order valence-corrected chi connectivity index (χ4v) is 2.97. The molecule has 19 heavy (non-hydrogen) atoms. The zero-order valence-corrected chi connectivity index (χ0v) is 10.9. The number of fused-ring (bicyclic) bond motifs is 3. The minimum absolute atomic E-state index is 0.217. The third-order valence-electron chi connectivity index (χ3n) is 2.69. The molecule has 0 N–H and O–H groups in total. The van der Waals surface area contributed by atoms with Crippen molar-refractivity contribution in [3.8, 4) is 0 Å². The number of carbonyl (C=O) groups excluding carboxylic acids is 1. The third-order valence-corrected chi connectivity index (χ3v) is 3.71. The molecule has 0 aliphatic carbocycles. The van der Waals surface area contributed by atoms with Crippen molar-refractivity contribution in [2.45, 2.75) is 6.92 Å². The summed E-state index contributed by atoms with van der Waals surface area (Å²) in [6.07, 6.45) is 0. The molecule has 96 valence electrons. The van der Waals surface area contributed by atoms with E-state index in [4.69, 9.17) is 4.74 Å². The van der Waals surface area contributed by atoms with Gasteiger partial charge in [0.05, 0.1) is 16.8 Å². The van der Waals surface area contributed by atoms with Gasteiger partial charge in [0, 0.05) is 6.07 Å². The Kier molecular flexibility index (Phi) is 2.79. The van der Waals surface area contributed by atoms with Gasteiger partial charge in [-0.2, -0.15) is 4.98 Å². The van der Waals surface area contributed by atoms with Crippen LogP contribution in [0, 0.1) is 0 Å². The molecule has 0 saturated heterocycles. The van der Waals surface area contributed by atoms with E-state index in [0.29, 0.717) is 4.96 Å². The Morgan fingerprint density at radius 3 is 3.00 bits per heavy atom. The Balaban J connectivity index is 2.42. The van der Waals surface area contributed by atoms with Crippen molar-refractivity contribution in [2.75, 3.05) is 6.61 Å². The molecule has 0 fully saturated rings.